The molecule has 1 atom stereocenters. The first kappa shape index (κ1) is 31.3. The molecule has 3 aromatic rings. The van der Waals surface area contributed by atoms with Crippen molar-refractivity contribution >= 4 is 59.4 Å². The van der Waals surface area contributed by atoms with Crippen molar-refractivity contribution in [2.24, 2.45) is 0 Å². The second-order valence-corrected chi connectivity index (χ2v) is 14.2. The van der Waals surface area contributed by atoms with E-state index in [4.69, 9.17) is 0 Å². The van der Waals surface area contributed by atoms with Crippen LogP contribution in [0, 0.1) is 0 Å². The fourth-order valence-electron chi connectivity index (χ4n) is 5.15. The molecule has 1 aliphatic carbocycles. The predicted octanol–water partition coefficient (Wildman–Crippen LogP) is 6.07. The normalized spacial score (nSPS) is 14.7. The van der Waals surface area contributed by atoms with Gasteiger partial charge in [-0.1, -0.05) is 93.6 Å². The lowest BCUT2D eigenvalue weighted by molar-refractivity contribution is -0.140. The number of hydrogen-bond donors (Lipinski definition) is 1. The van der Waals surface area contributed by atoms with Gasteiger partial charge in [0, 0.05) is 28.0 Å². The Morgan fingerprint density at radius 1 is 0.878 bits per heavy atom. The molecular formula is C31H35Br2N3O4S. The zero-order valence-corrected chi connectivity index (χ0v) is 27.0. The molecule has 3 aromatic carbocycles. The lowest BCUT2D eigenvalue weighted by atomic mass is 9.94. The van der Waals surface area contributed by atoms with E-state index in [1.807, 2.05) is 54.6 Å². The highest BCUT2D eigenvalue weighted by Crippen LogP contribution is 2.24. The van der Waals surface area contributed by atoms with Crippen LogP contribution in [-0.4, -0.2) is 50.0 Å². The molecule has 1 saturated carbocycles. The van der Waals surface area contributed by atoms with Crippen molar-refractivity contribution in [1.29, 1.82) is 0 Å². The fourth-order valence-corrected chi connectivity index (χ4v) is 6.71. The Morgan fingerprint density at radius 3 is 2.17 bits per heavy atom. The smallest absolute Gasteiger partial charge is 0.244 e. The summed E-state index contributed by atoms with van der Waals surface area (Å²) in [6.07, 6.45) is 6.49. The van der Waals surface area contributed by atoms with Crippen LogP contribution in [0.4, 0.5) is 5.69 Å². The van der Waals surface area contributed by atoms with Gasteiger partial charge in [0.05, 0.1) is 11.9 Å². The molecule has 0 heterocycles. The molecule has 1 unspecified atom stereocenters. The van der Waals surface area contributed by atoms with Gasteiger partial charge in [-0.3, -0.25) is 13.9 Å². The van der Waals surface area contributed by atoms with Gasteiger partial charge < -0.3 is 10.2 Å². The third-order valence-corrected chi connectivity index (χ3v) is 9.42. The monoisotopic (exact) mass is 703 g/mol. The van der Waals surface area contributed by atoms with Crippen molar-refractivity contribution in [3.05, 3.63) is 98.9 Å². The number of benzene rings is 3. The summed E-state index contributed by atoms with van der Waals surface area (Å²) in [5.41, 5.74) is 2.11. The highest BCUT2D eigenvalue weighted by Gasteiger charge is 2.34. The molecule has 1 N–H and O–H groups in total. The van der Waals surface area contributed by atoms with Crippen molar-refractivity contribution in [3.63, 3.8) is 0 Å². The number of halogens is 2. The Hall–Kier alpha value is -2.69. The van der Waals surface area contributed by atoms with Crippen molar-refractivity contribution in [2.45, 2.75) is 57.2 Å². The van der Waals surface area contributed by atoms with Gasteiger partial charge >= 0.3 is 0 Å². The minimum Gasteiger partial charge on any atom is -0.352 e. The topological polar surface area (TPSA) is 86.8 Å². The van der Waals surface area contributed by atoms with Gasteiger partial charge in [0.2, 0.25) is 21.8 Å². The summed E-state index contributed by atoms with van der Waals surface area (Å²) in [6.45, 7) is -0.289. The quantitative estimate of drug-likeness (QED) is 0.263. The number of nitrogens with one attached hydrogen (secondary N) is 1. The number of anilines is 1. The second kappa shape index (κ2) is 14.5. The van der Waals surface area contributed by atoms with Gasteiger partial charge in [0.15, 0.2) is 0 Å². The maximum absolute atomic E-state index is 14.2. The largest absolute Gasteiger partial charge is 0.352 e. The van der Waals surface area contributed by atoms with Gasteiger partial charge in [0.1, 0.15) is 12.6 Å². The van der Waals surface area contributed by atoms with Crippen LogP contribution in [0.15, 0.2) is 87.8 Å². The summed E-state index contributed by atoms with van der Waals surface area (Å²) < 4.78 is 28.5. The summed E-state index contributed by atoms with van der Waals surface area (Å²) in [6, 6.07) is 23.2. The molecule has 41 heavy (non-hydrogen) atoms. The van der Waals surface area contributed by atoms with Crippen LogP contribution < -0.4 is 9.62 Å². The first-order chi connectivity index (χ1) is 19.6. The number of rotatable bonds is 11. The number of hydrogen-bond acceptors (Lipinski definition) is 4. The van der Waals surface area contributed by atoms with Gasteiger partial charge in [0.25, 0.3) is 0 Å². The molecule has 0 aromatic heterocycles. The molecule has 10 heteroatoms. The first-order valence-corrected chi connectivity index (χ1v) is 17.1. The summed E-state index contributed by atoms with van der Waals surface area (Å²) in [5, 5.41) is 3.21. The number of amides is 2. The average molecular weight is 706 g/mol. The van der Waals surface area contributed by atoms with E-state index in [0.717, 1.165) is 62.7 Å². The standard InChI is InChI=1S/C31H35Br2N3O4S/c1-41(39,40)36(28-17-15-25(32)16-18-28)22-30(37)35(21-24-11-8-12-26(33)19-24)29(20-23-9-4-2-5-10-23)31(38)34-27-13-6-3-7-14-27/h2,4-5,8-12,15-19,27,29H,3,6-7,13-14,20-22H2,1H3,(H,34,38). The summed E-state index contributed by atoms with van der Waals surface area (Å²) in [4.78, 5) is 29.7. The zero-order chi connectivity index (χ0) is 29.4. The van der Waals surface area contributed by atoms with E-state index in [9.17, 15) is 18.0 Å². The summed E-state index contributed by atoms with van der Waals surface area (Å²) in [5.74, 6) is -0.684. The number of nitrogens with zero attached hydrogens (tertiary/aromatic N) is 2. The fraction of sp³-hybridized carbons (Fsp3) is 0.355. The molecule has 0 bridgehead atoms. The zero-order valence-electron chi connectivity index (χ0n) is 23.0. The Kier molecular flexibility index (Phi) is 11.0. The van der Waals surface area contributed by atoms with E-state index in [2.05, 4.69) is 37.2 Å². The molecule has 0 radical (unpaired) electrons. The Labute approximate surface area is 259 Å². The van der Waals surface area contributed by atoms with Crippen LogP contribution in [0.25, 0.3) is 0 Å². The van der Waals surface area contributed by atoms with E-state index in [-0.39, 0.29) is 18.5 Å². The van der Waals surface area contributed by atoms with Crippen LogP contribution in [-0.2, 0) is 32.6 Å². The average Bonchev–Trinajstić information content (AvgIpc) is 2.94. The van der Waals surface area contributed by atoms with Crippen LogP contribution in [0.3, 0.4) is 0 Å². The maximum Gasteiger partial charge on any atom is 0.244 e. The molecule has 1 fully saturated rings. The second-order valence-electron chi connectivity index (χ2n) is 10.4. The Bertz CT molecular complexity index is 1430. The van der Waals surface area contributed by atoms with E-state index in [1.165, 1.54) is 4.90 Å². The Balaban J connectivity index is 1.71. The lowest BCUT2D eigenvalue weighted by Gasteiger charge is -2.35. The number of carbonyl (C=O) groups excluding carboxylic acids is 2. The SMILES string of the molecule is CS(=O)(=O)N(CC(=O)N(Cc1cccc(Br)c1)C(Cc1ccccc1)C(=O)NC1CCCCC1)c1ccc(Br)cc1. The molecule has 218 valence electrons. The van der Waals surface area contributed by atoms with E-state index in [0.29, 0.717) is 12.1 Å². The molecule has 0 aliphatic heterocycles. The van der Waals surface area contributed by atoms with Gasteiger partial charge in [-0.15, -0.1) is 0 Å². The van der Waals surface area contributed by atoms with Crippen LogP contribution in [0.5, 0.6) is 0 Å². The van der Waals surface area contributed by atoms with Crippen LogP contribution in [0.2, 0.25) is 0 Å². The minimum atomic E-state index is -3.80. The maximum atomic E-state index is 14.2. The van der Waals surface area contributed by atoms with Gasteiger partial charge in [-0.05, 0) is 60.4 Å². The highest BCUT2D eigenvalue weighted by atomic mass is 79.9. The van der Waals surface area contributed by atoms with Crippen molar-refractivity contribution < 1.29 is 18.0 Å². The lowest BCUT2D eigenvalue weighted by Crippen LogP contribution is -2.55. The molecule has 4 rings (SSSR count). The van der Waals surface area contributed by atoms with E-state index < -0.39 is 28.5 Å². The van der Waals surface area contributed by atoms with E-state index >= 15 is 0 Å². The highest BCUT2D eigenvalue weighted by molar-refractivity contribution is 9.10. The third-order valence-electron chi connectivity index (χ3n) is 7.26. The van der Waals surface area contributed by atoms with Crippen molar-refractivity contribution in [2.75, 3.05) is 17.1 Å². The minimum absolute atomic E-state index is 0.0626. The van der Waals surface area contributed by atoms with Crippen molar-refractivity contribution in [3.8, 4) is 0 Å². The van der Waals surface area contributed by atoms with E-state index in [1.54, 1.807) is 24.3 Å². The summed E-state index contributed by atoms with van der Waals surface area (Å²) >= 11 is 6.88. The number of sulfonamides is 1. The third kappa shape index (κ3) is 9.15. The molecule has 2 amide bonds. The molecule has 0 spiro atoms. The van der Waals surface area contributed by atoms with Gasteiger partial charge in [-0.2, -0.15) is 0 Å². The molecule has 7 nitrogen and oxygen atoms in total. The van der Waals surface area contributed by atoms with Crippen LogP contribution in [0.1, 0.15) is 43.2 Å². The molecular weight excluding hydrogens is 670 g/mol. The summed E-state index contributed by atoms with van der Waals surface area (Å²) in [7, 11) is -3.80. The first-order valence-electron chi connectivity index (χ1n) is 13.7. The predicted molar refractivity (Wildman–Crippen MR) is 170 cm³/mol. The van der Waals surface area contributed by atoms with Gasteiger partial charge in [-0.25, -0.2) is 8.42 Å². The van der Waals surface area contributed by atoms with Crippen LogP contribution >= 0.6 is 31.9 Å². The molecule has 1 aliphatic rings. The van der Waals surface area contributed by atoms with Crippen molar-refractivity contribution in [1.82, 2.24) is 10.2 Å². The Morgan fingerprint density at radius 2 is 1.54 bits per heavy atom. The number of carbonyl (C=O) groups is 2. The molecule has 0 saturated heterocycles.